The Morgan fingerprint density at radius 1 is 0.950 bits per heavy atom. The van der Waals surface area contributed by atoms with Crippen LogP contribution >= 0.6 is 15.9 Å². The average molecular weight is 339 g/mol. The minimum absolute atomic E-state index is 0.164. The van der Waals surface area contributed by atoms with Crippen LogP contribution in [0.3, 0.4) is 0 Å². The number of rotatable bonds is 5. The van der Waals surface area contributed by atoms with Crippen LogP contribution in [0.5, 0.6) is 0 Å². The number of hydrogen-bond acceptors (Lipinski definition) is 0. The smallest absolute Gasteiger partial charge is 0.129 e. The van der Waals surface area contributed by atoms with Gasteiger partial charge < -0.3 is 0 Å². The summed E-state index contributed by atoms with van der Waals surface area (Å²) in [6, 6.07) is 13.9. The Hall–Kier alpha value is -1.22. The van der Waals surface area contributed by atoms with Crippen molar-refractivity contribution < 1.29 is 8.78 Å². The molecule has 2 aromatic rings. The van der Waals surface area contributed by atoms with Gasteiger partial charge in [-0.15, -0.1) is 0 Å². The molecular formula is C17H17BrF2. The highest BCUT2D eigenvalue weighted by Crippen LogP contribution is 2.35. The Morgan fingerprint density at radius 3 is 2.05 bits per heavy atom. The van der Waals surface area contributed by atoms with Gasteiger partial charge in [-0.1, -0.05) is 59.3 Å². The average Bonchev–Trinajstić information content (AvgIpc) is 2.49. The van der Waals surface area contributed by atoms with E-state index in [1.54, 1.807) is 0 Å². The zero-order valence-corrected chi connectivity index (χ0v) is 13.0. The fraction of sp³-hybridized carbons (Fsp3) is 0.294. The standard InChI is InChI=1S/C17H17BrF2/c1-2-17(12-18,13-7-4-3-5-8-13)11-14-15(19)9-6-10-16(14)20/h3-10H,2,11-12H2,1H3. The molecule has 106 valence electrons. The normalized spacial score (nSPS) is 14.0. The maximum absolute atomic E-state index is 13.9. The largest absolute Gasteiger partial charge is 0.207 e. The quantitative estimate of drug-likeness (QED) is 0.653. The molecule has 0 aliphatic heterocycles. The maximum Gasteiger partial charge on any atom is 0.129 e. The number of hydrogen-bond donors (Lipinski definition) is 0. The predicted molar refractivity (Wildman–Crippen MR) is 82.3 cm³/mol. The Labute approximate surface area is 127 Å². The van der Waals surface area contributed by atoms with Gasteiger partial charge in [0.05, 0.1) is 0 Å². The summed E-state index contributed by atoms with van der Waals surface area (Å²) in [5, 5.41) is 0.661. The molecule has 0 aliphatic rings. The molecule has 0 aliphatic carbocycles. The van der Waals surface area contributed by atoms with Crippen LogP contribution in [0.2, 0.25) is 0 Å². The Kier molecular flexibility index (Phi) is 4.92. The van der Waals surface area contributed by atoms with Crippen molar-refractivity contribution in [1.29, 1.82) is 0 Å². The van der Waals surface area contributed by atoms with Crippen molar-refractivity contribution in [1.82, 2.24) is 0 Å². The van der Waals surface area contributed by atoms with E-state index in [-0.39, 0.29) is 11.0 Å². The second-order valence-electron chi connectivity index (χ2n) is 5.01. The van der Waals surface area contributed by atoms with Crippen LogP contribution in [0.15, 0.2) is 48.5 Å². The molecule has 0 spiro atoms. The fourth-order valence-corrected chi connectivity index (χ4v) is 3.40. The summed E-state index contributed by atoms with van der Waals surface area (Å²) in [6.45, 7) is 2.05. The van der Waals surface area contributed by atoms with Gasteiger partial charge >= 0.3 is 0 Å². The summed E-state index contributed by atoms with van der Waals surface area (Å²) >= 11 is 3.53. The molecule has 0 amide bonds. The molecule has 0 radical (unpaired) electrons. The molecule has 2 aromatic carbocycles. The second kappa shape index (κ2) is 6.49. The van der Waals surface area contributed by atoms with Crippen LogP contribution in [0.25, 0.3) is 0 Å². The van der Waals surface area contributed by atoms with Crippen LogP contribution in [0, 0.1) is 11.6 Å². The maximum atomic E-state index is 13.9. The third-order valence-electron chi connectivity index (χ3n) is 3.90. The SMILES string of the molecule is CCC(CBr)(Cc1c(F)cccc1F)c1ccccc1. The van der Waals surface area contributed by atoms with Gasteiger partial charge in [0.25, 0.3) is 0 Å². The van der Waals surface area contributed by atoms with Gasteiger partial charge in [-0.25, -0.2) is 8.78 Å². The lowest BCUT2D eigenvalue weighted by Gasteiger charge is -2.32. The van der Waals surface area contributed by atoms with E-state index in [0.717, 1.165) is 12.0 Å². The molecule has 2 rings (SSSR count). The lowest BCUT2D eigenvalue weighted by Crippen LogP contribution is -2.31. The van der Waals surface area contributed by atoms with Crippen LogP contribution in [0.4, 0.5) is 8.78 Å². The van der Waals surface area contributed by atoms with Crippen LogP contribution < -0.4 is 0 Å². The lowest BCUT2D eigenvalue weighted by atomic mass is 9.75. The first-order valence-corrected chi connectivity index (χ1v) is 7.79. The van der Waals surface area contributed by atoms with Crippen molar-refractivity contribution in [3.8, 4) is 0 Å². The number of alkyl halides is 1. The minimum Gasteiger partial charge on any atom is -0.207 e. The van der Waals surface area contributed by atoms with Crippen molar-refractivity contribution in [3.63, 3.8) is 0 Å². The van der Waals surface area contributed by atoms with E-state index in [2.05, 4.69) is 15.9 Å². The summed E-state index contributed by atoms with van der Waals surface area (Å²) in [6.07, 6.45) is 1.15. The second-order valence-corrected chi connectivity index (χ2v) is 5.57. The molecule has 0 aromatic heterocycles. The molecule has 0 saturated carbocycles. The molecule has 0 saturated heterocycles. The lowest BCUT2D eigenvalue weighted by molar-refractivity contribution is 0.437. The van der Waals surface area contributed by atoms with Crippen molar-refractivity contribution in [3.05, 3.63) is 71.3 Å². The third-order valence-corrected chi connectivity index (χ3v) is 4.97. The first-order valence-electron chi connectivity index (χ1n) is 6.67. The molecule has 1 unspecified atom stereocenters. The molecule has 3 heteroatoms. The van der Waals surface area contributed by atoms with Gasteiger partial charge in [-0.2, -0.15) is 0 Å². The van der Waals surface area contributed by atoms with Gasteiger partial charge in [0.2, 0.25) is 0 Å². The molecule has 0 bridgehead atoms. The summed E-state index contributed by atoms with van der Waals surface area (Å²) in [5.74, 6) is -0.945. The first kappa shape index (κ1) is 15.2. The molecule has 0 nitrogen and oxygen atoms in total. The van der Waals surface area contributed by atoms with Crippen molar-refractivity contribution in [2.45, 2.75) is 25.2 Å². The Morgan fingerprint density at radius 2 is 1.55 bits per heavy atom. The molecule has 0 fully saturated rings. The summed E-state index contributed by atoms with van der Waals surface area (Å²) < 4.78 is 27.8. The van der Waals surface area contributed by atoms with Gasteiger partial charge in [0.15, 0.2) is 0 Å². The van der Waals surface area contributed by atoms with Crippen molar-refractivity contribution in [2.75, 3.05) is 5.33 Å². The van der Waals surface area contributed by atoms with E-state index in [9.17, 15) is 8.78 Å². The van der Waals surface area contributed by atoms with E-state index in [4.69, 9.17) is 0 Å². The zero-order valence-electron chi connectivity index (χ0n) is 11.4. The van der Waals surface area contributed by atoms with Gasteiger partial charge in [0.1, 0.15) is 11.6 Å². The number of benzene rings is 2. The van der Waals surface area contributed by atoms with E-state index >= 15 is 0 Å². The highest BCUT2D eigenvalue weighted by molar-refractivity contribution is 9.09. The zero-order chi connectivity index (χ0) is 14.6. The Bertz CT molecular complexity index is 542. The van der Waals surface area contributed by atoms with Crippen LogP contribution in [-0.2, 0) is 11.8 Å². The van der Waals surface area contributed by atoms with Crippen LogP contribution in [-0.4, -0.2) is 5.33 Å². The van der Waals surface area contributed by atoms with E-state index < -0.39 is 11.6 Å². The summed E-state index contributed by atoms with van der Waals surface area (Å²) in [5.41, 5.74) is 0.962. The summed E-state index contributed by atoms with van der Waals surface area (Å²) in [7, 11) is 0. The predicted octanol–water partition coefficient (Wildman–Crippen LogP) is 5.25. The topological polar surface area (TPSA) is 0 Å². The van der Waals surface area contributed by atoms with Crippen molar-refractivity contribution >= 4 is 15.9 Å². The van der Waals surface area contributed by atoms with E-state index in [1.165, 1.54) is 18.2 Å². The molecular weight excluding hydrogens is 322 g/mol. The van der Waals surface area contributed by atoms with Crippen LogP contribution in [0.1, 0.15) is 24.5 Å². The van der Waals surface area contributed by atoms with Crippen molar-refractivity contribution in [2.24, 2.45) is 0 Å². The monoisotopic (exact) mass is 338 g/mol. The fourth-order valence-electron chi connectivity index (χ4n) is 2.48. The van der Waals surface area contributed by atoms with Gasteiger partial charge in [-0.3, -0.25) is 0 Å². The molecule has 20 heavy (non-hydrogen) atoms. The number of halogens is 3. The third kappa shape index (κ3) is 2.93. The Balaban J connectivity index is 2.45. The molecule has 0 N–H and O–H groups in total. The van der Waals surface area contributed by atoms with Gasteiger partial charge in [-0.05, 0) is 30.5 Å². The molecule has 1 atom stereocenters. The first-order chi connectivity index (χ1) is 9.63. The molecule has 0 heterocycles. The highest BCUT2D eigenvalue weighted by Gasteiger charge is 2.31. The minimum atomic E-state index is -0.472. The van der Waals surface area contributed by atoms with E-state index in [1.807, 2.05) is 37.3 Å². The van der Waals surface area contributed by atoms with E-state index in [0.29, 0.717) is 11.8 Å². The highest BCUT2D eigenvalue weighted by atomic mass is 79.9. The van der Waals surface area contributed by atoms with Gasteiger partial charge in [0, 0.05) is 16.3 Å². The summed E-state index contributed by atoms with van der Waals surface area (Å²) in [4.78, 5) is 0.